The Hall–Kier alpha value is -2.42. The molecule has 2 heterocycles. The average molecular weight is 445 g/mol. The lowest BCUT2D eigenvalue weighted by Crippen LogP contribution is -2.40. The molecule has 1 fully saturated rings. The van der Waals surface area contributed by atoms with Crippen molar-refractivity contribution in [1.82, 2.24) is 4.31 Å². The summed E-state index contributed by atoms with van der Waals surface area (Å²) >= 11 is 0. The van der Waals surface area contributed by atoms with Gasteiger partial charge >= 0.3 is 0 Å². The minimum Gasteiger partial charge on any atom is -0.497 e. The molecule has 0 spiro atoms. The van der Waals surface area contributed by atoms with Crippen LogP contribution in [0.4, 0.5) is 5.69 Å². The second-order valence-electron chi connectivity index (χ2n) is 7.80. The van der Waals surface area contributed by atoms with Gasteiger partial charge in [0, 0.05) is 31.7 Å². The van der Waals surface area contributed by atoms with Crippen molar-refractivity contribution >= 4 is 21.6 Å². The summed E-state index contributed by atoms with van der Waals surface area (Å²) in [4.78, 5) is 15.0. The highest BCUT2D eigenvalue weighted by Crippen LogP contribution is 2.31. The van der Waals surface area contributed by atoms with E-state index in [2.05, 4.69) is 0 Å². The summed E-state index contributed by atoms with van der Waals surface area (Å²) in [6.45, 7) is 2.32. The van der Waals surface area contributed by atoms with E-state index in [-0.39, 0.29) is 10.8 Å². The van der Waals surface area contributed by atoms with Crippen molar-refractivity contribution in [2.45, 2.75) is 30.6 Å². The van der Waals surface area contributed by atoms with Gasteiger partial charge in [-0.05, 0) is 60.7 Å². The Balaban J connectivity index is 1.39. The molecular formula is C23H28N2O5S. The van der Waals surface area contributed by atoms with E-state index < -0.39 is 10.0 Å². The summed E-state index contributed by atoms with van der Waals surface area (Å²) in [5.74, 6) is 0.885. The Morgan fingerprint density at radius 2 is 1.81 bits per heavy atom. The van der Waals surface area contributed by atoms with Crippen LogP contribution in [0.3, 0.4) is 0 Å². The molecule has 1 amide bonds. The predicted molar refractivity (Wildman–Crippen MR) is 118 cm³/mol. The number of hydrogen-bond acceptors (Lipinski definition) is 5. The van der Waals surface area contributed by atoms with Crippen molar-refractivity contribution < 1.29 is 22.7 Å². The maximum Gasteiger partial charge on any atom is 0.243 e. The van der Waals surface area contributed by atoms with Gasteiger partial charge < -0.3 is 14.4 Å². The normalized spacial score (nSPS) is 17.3. The van der Waals surface area contributed by atoms with Crippen molar-refractivity contribution in [2.24, 2.45) is 0 Å². The van der Waals surface area contributed by atoms with Gasteiger partial charge in [-0.25, -0.2) is 8.42 Å². The highest BCUT2D eigenvalue weighted by molar-refractivity contribution is 7.89. The minimum absolute atomic E-state index is 0.0798. The van der Waals surface area contributed by atoms with Crippen LogP contribution in [-0.4, -0.2) is 58.6 Å². The molecule has 2 aromatic rings. The molecule has 166 valence electrons. The molecule has 2 aliphatic rings. The van der Waals surface area contributed by atoms with Gasteiger partial charge in [0.2, 0.25) is 15.9 Å². The molecule has 1 saturated heterocycles. The molecule has 0 N–H and O–H groups in total. The zero-order chi connectivity index (χ0) is 21.8. The highest BCUT2D eigenvalue weighted by Gasteiger charge is 2.26. The molecule has 0 aliphatic carbocycles. The predicted octanol–water partition coefficient (Wildman–Crippen LogP) is 2.63. The Morgan fingerprint density at radius 3 is 2.52 bits per heavy atom. The fourth-order valence-electron chi connectivity index (χ4n) is 4.11. The van der Waals surface area contributed by atoms with Gasteiger partial charge in [-0.2, -0.15) is 4.31 Å². The van der Waals surface area contributed by atoms with Crippen molar-refractivity contribution in [2.75, 3.05) is 44.9 Å². The number of amides is 1. The lowest BCUT2D eigenvalue weighted by Gasteiger charge is -2.30. The van der Waals surface area contributed by atoms with E-state index in [1.165, 1.54) is 4.31 Å². The zero-order valence-corrected chi connectivity index (χ0v) is 18.6. The number of nitrogens with zero attached hydrogens (tertiary/aromatic N) is 2. The molecule has 0 saturated carbocycles. The first-order valence-electron chi connectivity index (χ1n) is 10.6. The summed E-state index contributed by atoms with van der Waals surface area (Å²) < 4.78 is 37.5. The summed E-state index contributed by atoms with van der Waals surface area (Å²) in [5.41, 5.74) is 3.04. The van der Waals surface area contributed by atoms with Gasteiger partial charge in [0.15, 0.2) is 0 Å². The number of rotatable bonds is 6. The average Bonchev–Trinajstić information content (AvgIpc) is 2.82. The molecule has 0 atom stereocenters. The number of carbonyl (C=O) groups is 1. The number of anilines is 1. The molecule has 2 aliphatic heterocycles. The van der Waals surface area contributed by atoms with E-state index in [1.54, 1.807) is 31.4 Å². The molecule has 0 radical (unpaired) electrons. The second-order valence-corrected chi connectivity index (χ2v) is 9.74. The SMILES string of the molecule is COc1ccc2c(c1)CCCN2C(=O)CCc1ccc(S(=O)(=O)N2CCOCC2)cc1. The van der Waals surface area contributed by atoms with Crippen molar-refractivity contribution in [3.8, 4) is 5.75 Å². The number of methoxy groups -OCH3 is 1. The number of fused-ring (bicyclic) bond motifs is 1. The van der Waals surface area contributed by atoms with Crippen molar-refractivity contribution in [1.29, 1.82) is 0 Å². The van der Waals surface area contributed by atoms with Gasteiger partial charge in [0.05, 0.1) is 25.2 Å². The fraction of sp³-hybridized carbons (Fsp3) is 0.435. The lowest BCUT2D eigenvalue weighted by molar-refractivity contribution is -0.118. The van der Waals surface area contributed by atoms with Crippen LogP contribution < -0.4 is 9.64 Å². The van der Waals surface area contributed by atoms with Crippen molar-refractivity contribution in [3.05, 3.63) is 53.6 Å². The van der Waals surface area contributed by atoms with Gasteiger partial charge in [-0.15, -0.1) is 0 Å². The van der Waals surface area contributed by atoms with E-state index in [9.17, 15) is 13.2 Å². The molecule has 4 rings (SSSR count). The Bertz CT molecular complexity index is 1030. The number of morpholine rings is 1. The Labute approximate surface area is 183 Å². The number of benzene rings is 2. The van der Waals surface area contributed by atoms with Crippen LogP contribution in [0.2, 0.25) is 0 Å². The smallest absolute Gasteiger partial charge is 0.243 e. The van der Waals surface area contributed by atoms with Crippen LogP contribution in [0.25, 0.3) is 0 Å². The molecule has 2 aromatic carbocycles. The van der Waals surface area contributed by atoms with Gasteiger partial charge in [-0.3, -0.25) is 4.79 Å². The van der Waals surface area contributed by atoms with Crippen LogP contribution in [0.5, 0.6) is 5.75 Å². The quantitative estimate of drug-likeness (QED) is 0.685. The maximum absolute atomic E-state index is 12.9. The molecule has 0 aromatic heterocycles. The molecule has 31 heavy (non-hydrogen) atoms. The lowest BCUT2D eigenvalue weighted by atomic mass is 10.0. The van der Waals surface area contributed by atoms with E-state index in [1.807, 2.05) is 23.1 Å². The summed E-state index contributed by atoms with van der Waals surface area (Å²) in [6, 6.07) is 12.7. The maximum atomic E-state index is 12.9. The Morgan fingerprint density at radius 1 is 1.06 bits per heavy atom. The number of aryl methyl sites for hydroxylation is 2. The third kappa shape index (κ3) is 4.76. The number of hydrogen-bond donors (Lipinski definition) is 0. The van der Waals surface area contributed by atoms with E-state index in [4.69, 9.17) is 9.47 Å². The summed E-state index contributed by atoms with van der Waals surface area (Å²) in [7, 11) is -1.85. The first-order valence-corrected chi connectivity index (χ1v) is 12.1. The van der Waals surface area contributed by atoms with Gasteiger partial charge in [0.25, 0.3) is 0 Å². The van der Waals surface area contributed by atoms with Crippen LogP contribution in [-0.2, 0) is 32.4 Å². The molecule has 0 bridgehead atoms. The molecular weight excluding hydrogens is 416 g/mol. The number of sulfonamides is 1. The summed E-state index contributed by atoms with van der Waals surface area (Å²) in [5, 5.41) is 0. The first-order chi connectivity index (χ1) is 15.0. The van der Waals surface area contributed by atoms with Gasteiger partial charge in [0.1, 0.15) is 5.75 Å². The van der Waals surface area contributed by atoms with Crippen LogP contribution in [0.15, 0.2) is 47.4 Å². The molecule has 7 nitrogen and oxygen atoms in total. The number of carbonyl (C=O) groups excluding carboxylic acids is 1. The van der Waals surface area contributed by atoms with E-state index in [0.717, 1.165) is 42.0 Å². The highest BCUT2D eigenvalue weighted by atomic mass is 32.2. The zero-order valence-electron chi connectivity index (χ0n) is 17.7. The molecule has 8 heteroatoms. The topological polar surface area (TPSA) is 76.2 Å². The first kappa shape index (κ1) is 21.8. The standard InChI is InChI=1S/C23H28N2O5S/c1-29-20-7-10-22-19(17-20)3-2-12-25(22)23(26)11-6-18-4-8-21(9-5-18)31(27,28)24-13-15-30-16-14-24/h4-5,7-10,17H,2-3,6,11-16H2,1H3. The Kier molecular flexibility index (Phi) is 6.60. The van der Waals surface area contributed by atoms with Crippen LogP contribution in [0, 0.1) is 0 Å². The van der Waals surface area contributed by atoms with E-state index >= 15 is 0 Å². The van der Waals surface area contributed by atoms with Crippen LogP contribution in [0.1, 0.15) is 24.0 Å². The second kappa shape index (κ2) is 9.38. The monoisotopic (exact) mass is 444 g/mol. The minimum atomic E-state index is -3.50. The third-order valence-corrected chi connectivity index (χ3v) is 7.78. The van der Waals surface area contributed by atoms with E-state index in [0.29, 0.717) is 39.1 Å². The van der Waals surface area contributed by atoms with Crippen molar-refractivity contribution in [3.63, 3.8) is 0 Å². The number of ether oxygens (including phenoxy) is 2. The third-order valence-electron chi connectivity index (χ3n) is 5.87. The largest absolute Gasteiger partial charge is 0.497 e. The summed E-state index contributed by atoms with van der Waals surface area (Å²) in [6.07, 6.45) is 2.81. The molecule has 0 unspecified atom stereocenters. The van der Waals surface area contributed by atoms with Crippen LogP contribution >= 0.6 is 0 Å². The fourth-order valence-corrected chi connectivity index (χ4v) is 5.52. The van der Waals surface area contributed by atoms with Gasteiger partial charge in [-0.1, -0.05) is 12.1 Å².